The maximum Gasteiger partial charge on any atom is 0.119 e. The highest BCUT2D eigenvalue weighted by atomic mass is 16.5. The molecule has 1 aromatic rings. The molecule has 1 aromatic carbocycles. The Labute approximate surface area is 130 Å². The van der Waals surface area contributed by atoms with Gasteiger partial charge in [-0.15, -0.1) is 0 Å². The van der Waals surface area contributed by atoms with Crippen molar-refractivity contribution in [1.29, 1.82) is 0 Å². The van der Waals surface area contributed by atoms with Gasteiger partial charge in [-0.05, 0) is 56.8 Å². The summed E-state index contributed by atoms with van der Waals surface area (Å²) in [4.78, 5) is 0. The smallest absolute Gasteiger partial charge is 0.119 e. The van der Waals surface area contributed by atoms with Gasteiger partial charge in [0.15, 0.2) is 0 Å². The van der Waals surface area contributed by atoms with Gasteiger partial charge in [0.2, 0.25) is 0 Å². The SMILES string of the molecule is CCCNC(C)CCc1ccc(OCCOCCC)cc1. The van der Waals surface area contributed by atoms with Gasteiger partial charge in [-0.25, -0.2) is 0 Å². The second-order valence-corrected chi connectivity index (χ2v) is 5.50. The Balaban J connectivity index is 2.20. The first-order chi connectivity index (χ1) is 10.3. The Morgan fingerprint density at radius 2 is 1.76 bits per heavy atom. The maximum atomic E-state index is 5.65. The zero-order chi connectivity index (χ0) is 15.3. The molecule has 0 aliphatic heterocycles. The van der Waals surface area contributed by atoms with Crippen molar-refractivity contribution in [2.45, 2.75) is 52.5 Å². The van der Waals surface area contributed by atoms with Crippen LogP contribution in [-0.4, -0.2) is 32.4 Å². The van der Waals surface area contributed by atoms with Crippen molar-refractivity contribution in [3.63, 3.8) is 0 Å². The fourth-order valence-electron chi connectivity index (χ4n) is 2.09. The first kappa shape index (κ1) is 18.0. The molecular formula is C18H31NO2. The van der Waals surface area contributed by atoms with Crippen LogP contribution in [-0.2, 0) is 11.2 Å². The van der Waals surface area contributed by atoms with Crippen molar-refractivity contribution < 1.29 is 9.47 Å². The molecule has 0 saturated carbocycles. The highest BCUT2D eigenvalue weighted by molar-refractivity contribution is 5.27. The lowest BCUT2D eigenvalue weighted by Gasteiger charge is -2.13. The summed E-state index contributed by atoms with van der Waals surface area (Å²) in [5, 5.41) is 3.52. The third-order valence-electron chi connectivity index (χ3n) is 3.38. The highest BCUT2D eigenvalue weighted by Gasteiger charge is 2.02. The molecule has 0 saturated heterocycles. The third kappa shape index (κ3) is 8.74. The van der Waals surface area contributed by atoms with E-state index in [1.165, 1.54) is 18.4 Å². The molecule has 3 nitrogen and oxygen atoms in total. The summed E-state index contributed by atoms with van der Waals surface area (Å²) in [5.74, 6) is 0.927. The average Bonchev–Trinajstić information content (AvgIpc) is 2.52. The van der Waals surface area contributed by atoms with E-state index in [9.17, 15) is 0 Å². The van der Waals surface area contributed by atoms with Crippen molar-refractivity contribution in [2.24, 2.45) is 0 Å². The van der Waals surface area contributed by atoms with Crippen LogP contribution in [0.3, 0.4) is 0 Å². The molecule has 0 aliphatic rings. The fourth-order valence-corrected chi connectivity index (χ4v) is 2.09. The topological polar surface area (TPSA) is 30.5 Å². The molecule has 1 N–H and O–H groups in total. The number of benzene rings is 1. The lowest BCUT2D eigenvalue weighted by atomic mass is 10.1. The summed E-state index contributed by atoms with van der Waals surface area (Å²) >= 11 is 0. The molecule has 0 heterocycles. The van der Waals surface area contributed by atoms with Crippen LogP contribution >= 0.6 is 0 Å². The maximum absolute atomic E-state index is 5.65. The van der Waals surface area contributed by atoms with Crippen LogP contribution in [0.25, 0.3) is 0 Å². The number of rotatable bonds is 12. The van der Waals surface area contributed by atoms with Crippen LogP contribution in [0.1, 0.15) is 45.6 Å². The van der Waals surface area contributed by atoms with Gasteiger partial charge < -0.3 is 14.8 Å². The summed E-state index contributed by atoms with van der Waals surface area (Å²) < 4.78 is 11.0. The molecule has 0 bridgehead atoms. The fraction of sp³-hybridized carbons (Fsp3) is 0.667. The van der Waals surface area contributed by atoms with E-state index in [-0.39, 0.29) is 0 Å². The zero-order valence-corrected chi connectivity index (χ0v) is 13.9. The molecule has 3 heteroatoms. The van der Waals surface area contributed by atoms with Crippen LogP contribution in [0.4, 0.5) is 0 Å². The summed E-state index contributed by atoms with van der Waals surface area (Å²) in [5.41, 5.74) is 1.37. The van der Waals surface area contributed by atoms with Crippen molar-refractivity contribution in [3.8, 4) is 5.75 Å². The lowest BCUT2D eigenvalue weighted by Crippen LogP contribution is -2.27. The molecule has 1 unspecified atom stereocenters. The van der Waals surface area contributed by atoms with Gasteiger partial charge in [0.25, 0.3) is 0 Å². The minimum atomic E-state index is 0.580. The second-order valence-electron chi connectivity index (χ2n) is 5.50. The number of nitrogens with one attached hydrogen (secondary N) is 1. The van der Waals surface area contributed by atoms with E-state index in [0.29, 0.717) is 19.3 Å². The Kier molecular flexibility index (Phi) is 9.92. The quantitative estimate of drug-likeness (QED) is 0.594. The van der Waals surface area contributed by atoms with Gasteiger partial charge in [-0.1, -0.05) is 26.0 Å². The molecule has 0 fully saturated rings. The molecule has 0 spiro atoms. The van der Waals surface area contributed by atoms with Gasteiger partial charge in [0.1, 0.15) is 12.4 Å². The van der Waals surface area contributed by atoms with Crippen LogP contribution in [0, 0.1) is 0 Å². The molecule has 1 rings (SSSR count). The average molecular weight is 293 g/mol. The van der Waals surface area contributed by atoms with Crippen molar-refractivity contribution in [1.82, 2.24) is 5.32 Å². The monoisotopic (exact) mass is 293 g/mol. The standard InChI is InChI=1S/C18H31NO2/c1-4-12-19-16(3)6-7-17-8-10-18(11-9-17)21-15-14-20-13-5-2/h8-11,16,19H,4-7,12-15H2,1-3H3. The Bertz CT molecular complexity index is 351. The van der Waals surface area contributed by atoms with Crippen molar-refractivity contribution >= 4 is 0 Å². The van der Waals surface area contributed by atoms with Gasteiger partial charge in [-0.3, -0.25) is 0 Å². The van der Waals surface area contributed by atoms with E-state index in [0.717, 1.165) is 31.7 Å². The van der Waals surface area contributed by atoms with Gasteiger partial charge >= 0.3 is 0 Å². The van der Waals surface area contributed by atoms with Gasteiger partial charge in [0, 0.05) is 12.6 Å². The molecule has 0 aromatic heterocycles. The van der Waals surface area contributed by atoms with E-state index >= 15 is 0 Å². The van der Waals surface area contributed by atoms with Crippen LogP contribution < -0.4 is 10.1 Å². The minimum Gasteiger partial charge on any atom is -0.491 e. The predicted octanol–water partition coefficient (Wildman–Crippen LogP) is 3.81. The first-order valence-electron chi connectivity index (χ1n) is 8.29. The molecule has 0 radical (unpaired) electrons. The summed E-state index contributed by atoms with van der Waals surface area (Å²) in [6.07, 6.45) is 4.53. The predicted molar refractivity (Wildman–Crippen MR) is 89.1 cm³/mol. The molecule has 0 amide bonds. The Hall–Kier alpha value is -1.06. The molecule has 1 atom stereocenters. The molecule has 120 valence electrons. The number of hydrogen-bond donors (Lipinski definition) is 1. The summed E-state index contributed by atoms with van der Waals surface area (Å²) in [6, 6.07) is 9.01. The van der Waals surface area contributed by atoms with E-state index < -0.39 is 0 Å². The normalized spacial score (nSPS) is 12.3. The van der Waals surface area contributed by atoms with E-state index in [4.69, 9.17) is 9.47 Å². The summed E-state index contributed by atoms with van der Waals surface area (Å²) in [6.45, 7) is 9.77. The number of aryl methyl sites for hydroxylation is 1. The Morgan fingerprint density at radius 3 is 2.43 bits per heavy atom. The van der Waals surface area contributed by atoms with Crippen LogP contribution in [0.5, 0.6) is 5.75 Å². The van der Waals surface area contributed by atoms with Crippen LogP contribution in [0.15, 0.2) is 24.3 Å². The minimum absolute atomic E-state index is 0.580. The highest BCUT2D eigenvalue weighted by Crippen LogP contribution is 2.14. The van der Waals surface area contributed by atoms with E-state index in [1.807, 2.05) is 0 Å². The molecule has 21 heavy (non-hydrogen) atoms. The van der Waals surface area contributed by atoms with Gasteiger partial charge in [0.05, 0.1) is 6.61 Å². The van der Waals surface area contributed by atoms with E-state index in [1.54, 1.807) is 0 Å². The lowest BCUT2D eigenvalue weighted by molar-refractivity contribution is 0.101. The largest absolute Gasteiger partial charge is 0.491 e. The van der Waals surface area contributed by atoms with Crippen molar-refractivity contribution in [2.75, 3.05) is 26.4 Å². The van der Waals surface area contributed by atoms with Gasteiger partial charge in [-0.2, -0.15) is 0 Å². The first-order valence-corrected chi connectivity index (χ1v) is 8.29. The molecule has 0 aliphatic carbocycles. The van der Waals surface area contributed by atoms with E-state index in [2.05, 4.69) is 50.4 Å². The summed E-state index contributed by atoms with van der Waals surface area (Å²) in [7, 11) is 0. The number of ether oxygens (including phenoxy) is 2. The zero-order valence-electron chi connectivity index (χ0n) is 13.9. The Morgan fingerprint density at radius 1 is 1.00 bits per heavy atom. The molecular weight excluding hydrogens is 262 g/mol. The third-order valence-corrected chi connectivity index (χ3v) is 3.38. The number of hydrogen-bond acceptors (Lipinski definition) is 3. The van der Waals surface area contributed by atoms with Crippen molar-refractivity contribution in [3.05, 3.63) is 29.8 Å². The van der Waals surface area contributed by atoms with Crippen LogP contribution in [0.2, 0.25) is 0 Å². The second kappa shape index (κ2) is 11.6.